The fourth-order valence-corrected chi connectivity index (χ4v) is 3.20. The Morgan fingerprint density at radius 3 is 2.81 bits per heavy atom. The van der Waals surface area contributed by atoms with Gasteiger partial charge in [0.05, 0.1) is 13.0 Å². The molecule has 0 bridgehead atoms. The molecule has 7 heteroatoms. The van der Waals surface area contributed by atoms with Gasteiger partial charge >= 0.3 is 5.97 Å². The number of ether oxygens (including phenoxy) is 5. The van der Waals surface area contributed by atoms with Crippen LogP contribution in [0.25, 0.3) is 0 Å². The van der Waals surface area contributed by atoms with Gasteiger partial charge in [0, 0.05) is 16.1 Å². The number of carbonyl (C=O) groups excluding carboxylic acids is 1. The zero-order valence-electron chi connectivity index (χ0n) is 14.0. The summed E-state index contributed by atoms with van der Waals surface area (Å²) in [6, 6.07) is 8.96. The Kier molecular flexibility index (Phi) is 4.86. The van der Waals surface area contributed by atoms with Crippen molar-refractivity contribution in [3.05, 3.63) is 52.0 Å². The van der Waals surface area contributed by atoms with Crippen LogP contribution in [0, 0.1) is 0 Å². The van der Waals surface area contributed by atoms with E-state index >= 15 is 0 Å². The van der Waals surface area contributed by atoms with Gasteiger partial charge in [-0.2, -0.15) is 0 Å². The minimum atomic E-state index is -0.345. The Hall–Kier alpha value is -2.44. The first kappa shape index (κ1) is 17.0. The fraction of sp³-hybridized carbons (Fsp3) is 0.316. The molecule has 0 spiro atoms. The van der Waals surface area contributed by atoms with Crippen LogP contribution in [0.4, 0.5) is 0 Å². The van der Waals surface area contributed by atoms with E-state index in [1.165, 1.54) is 0 Å². The van der Waals surface area contributed by atoms with Gasteiger partial charge in [-0.1, -0.05) is 17.7 Å². The Balaban J connectivity index is 1.41. The van der Waals surface area contributed by atoms with E-state index in [2.05, 4.69) is 0 Å². The lowest BCUT2D eigenvalue weighted by atomic mass is 10.1. The number of benzene rings is 2. The van der Waals surface area contributed by atoms with Crippen molar-refractivity contribution in [1.29, 1.82) is 0 Å². The quantitative estimate of drug-likeness (QED) is 0.763. The van der Waals surface area contributed by atoms with Gasteiger partial charge in [0.1, 0.15) is 25.6 Å². The van der Waals surface area contributed by atoms with E-state index < -0.39 is 0 Å². The molecule has 0 saturated carbocycles. The molecule has 2 aromatic carbocycles. The van der Waals surface area contributed by atoms with Crippen LogP contribution in [0.2, 0.25) is 5.02 Å². The average Bonchev–Trinajstić information content (AvgIpc) is 2.66. The molecular weight excluding hydrogens is 360 g/mol. The average molecular weight is 377 g/mol. The predicted octanol–water partition coefficient (Wildman–Crippen LogP) is 3.26. The largest absolute Gasteiger partial charge is 0.486 e. The molecule has 0 aliphatic carbocycles. The van der Waals surface area contributed by atoms with Crippen molar-refractivity contribution in [2.75, 3.05) is 20.0 Å². The lowest BCUT2D eigenvalue weighted by molar-refractivity contribution is -0.144. The van der Waals surface area contributed by atoms with E-state index in [4.69, 9.17) is 35.3 Å². The molecule has 0 unspecified atom stereocenters. The maximum atomic E-state index is 12.2. The third-order valence-corrected chi connectivity index (χ3v) is 4.31. The summed E-state index contributed by atoms with van der Waals surface area (Å²) >= 11 is 6.12. The highest BCUT2D eigenvalue weighted by Crippen LogP contribution is 2.33. The van der Waals surface area contributed by atoms with Gasteiger partial charge in [0.2, 0.25) is 0 Å². The van der Waals surface area contributed by atoms with Gasteiger partial charge in [0.15, 0.2) is 18.3 Å². The first-order valence-electron chi connectivity index (χ1n) is 8.25. The molecule has 0 atom stereocenters. The van der Waals surface area contributed by atoms with Crippen LogP contribution < -0.4 is 14.2 Å². The van der Waals surface area contributed by atoms with Crippen LogP contribution >= 0.6 is 11.6 Å². The highest BCUT2D eigenvalue weighted by Gasteiger charge is 2.18. The Morgan fingerprint density at radius 2 is 1.92 bits per heavy atom. The number of halogens is 1. The molecule has 0 aromatic heterocycles. The smallest absolute Gasteiger partial charge is 0.310 e. The van der Waals surface area contributed by atoms with Crippen LogP contribution in [-0.2, 0) is 33.9 Å². The van der Waals surface area contributed by atoms with E-state index in [1.54, 1.807) is 24.3 Å². The minimum absolute atomic E-state index is 0.0896. The van der Waals surface area contributed by atoms with Gasteiger partial charge in [-0.25, -0.2) is 0 Å². The summed E-state index contributed by atoms with van der Waals surface area (Å²) in [5, 5.41) is 0.552. The number of esters is 1. The molecule has 6 nitrogen and oxygen atoms in total. The second kappa shape index (κ2) is 7.43. The standard InChI is InChI=1S/C19H17ClO6/c20-15-7-13-9-22-11-26-19(13)14(8-15)10-25-18(21)6-12-1-2-16-17(5-12)24-4-3-23-16/h1-2,5,7-8H,3-4,6,9-11H2. The summed E-state index contributed by atoms with van der Waals surface area (Å²) < 4.78 is 27.2. The molecule has 26 heavy (non-hydrogen) atoms. The van der Waals surface area contributed by atoms with Crippen molar-refractivity contribution in [2.24, 2.45) is 0 Å². The lowest BCUT2D eigenvalue weighted by Gasteiger charge is -2.21. The van der Waals surface area contributed by atoms with E-state index in [0.717, 1.165) is 16.7 Å². The van der Waals surface area contributed by atoms with Crippen LogP contribution in [0.5, 0.6) is 17.2 Å². The normalized spacial score (nSPS) is 15.0. The number of rotatable bonds is 4. The molecule has 2 aliphatic heterocycles. The minimum Gasteiger partial charge on any atom is -0.486 e. The summed E-state index contributed by atoms with van der Waals surface area (Å²) in [7, 11) is 0. The van der Waals surface area contributed by atoms with Crippen molar-refractivity contribution in [3.63, 3.8) is 0 Å². The highest BCUT2D eigenvalue weighted by atomic mass is 35.5. The zero-order valence-corrected chi connectivity index (χ0v) is 14.7. The molecule has 0 fully saturated rings. The number of hydrogen-bond donors (Lipinski definition) is 0. The summed E-state index contributed by atoms with van der Waals surface area (Å²) in [4.78, 5) is 12.2. The second-order valence-electron chi connectivity index (χ2n) is 5.98. The monoisotopic (exact) mass is 376 g/mol. The lowest BCUT2D eigenvalue weighted by Crippen LogP contribution is -2.16. The topological polar surface area (TPSA) is 63.2 Å². The molecule has 0 N–H and O–H groups in total. The van der Waals surface area contributed by atoms with Crippen LogP contribution in [0.1, 0.15) is 16.7 Å². The first-order chi connectivity index (χ1) is 12.7. The van der Waals surface area contributed by atoms with Crippen molar-refractivity contribution >= 4 is 17.6 Å². The second-order valence-corrected chi connectivity index (χ2v) is 6.42. The van der Waals surface area contributed by atoms with Crippen molar-refractivity contribution in [2.45, 2.75) is 19.6 Å². The SMILES string of the molecule is O=C(Cc1ccc2c(c1)OCCO2)OCc1cc(Cl)cc2c1OCOC2. The molecule has 2 aliphatic rings. The summed E-state index contributed by atoms with van der Waals surface area (Å²) in [6.07, 6.45) is 0.142. The van der Waals surface area contributed by atoms with Crippen LogP contribution in [0.3, 0.4) is 0 Å². The van der Waals surface area contributed by atoms with Gasteiger partial charge in [-0.3, -0.25) is 4.79 Å². The van der Waals surface area contributed by atoms with E-state index in [1.807, 2.05) is 6.07 Å². The molecule has 2 aromatic rings. The van der Waals surface area contributed by atoms with Gasteiger partial charge < -0.3 is 23.7 Å². The summed E-state index contributed by atoms with van der Waals surface area (Å²) in [5.74, 6) is 1.67. The number of fused-ring (bicyclic) bond motifs is 2. The Bertz CT molecular complexity index is 835. The Morgan fingerprint density at radius 1 is 1.08 bits per heavy atom. The van der Waals surface area contributed by atoms with Crippen molar-refractivity contribution < 1.29 is 28.5 Å². The number of carbonyl (C=O) groups is 1. The third-order valence-electron chi connectivity index (χ3n) is 4.10. The van der Waals surface area contributed by atoms with Gasteiger partial charge in [-0.05, 0) is 29.8 Å². The predicted molar refractivity (Wildman–Crippen MR) is 92.7 cm³/mol. The molecule has 136 valence electrons. The van der Waals surface area contributed by atoms with E-state index in [9.17, 15) is 4.79 Å². The fourth-order valence-electron chi connectivity index (χ4n) is 2.94. The molecular formula is C19H17ClO6. The molecule has 0 saturated heterocycles. The maximum absolute atomic E-state index is 12.2. The molecule has 4 rings (SSSR count). The first-order valence-corrected chi connectivity index (χ1v) is 8.63. The zero-order chi connectivity index (χ0) is 17.9. The van der Waals surface area contributed by atoms with Crippen LogP contribution in [-0.4, -0.2) is 26.0 Å². The van der Waals surface area contributed by atoms with Gasteiger partial charge in [-0.15, -0.1) is 0 Å². The molecule has 0 amide bonds. The maximum Gasteiger partial charge on any atom is 0.310 e. The summed E-state index contributed by atoms with van der Waals surface area (Å²) in [6.45, 7) is 1.73. The van der Waals surface area contributed by atoms with Crippen LogP contribution in [0.15, 0.2) is 30.3 Å². The van der Waals surface area contributed by atoms with Gasteiger partial charge in [0.25, 0.3) is 0 Å². The van der Waals surface area contributed by atoms with E-state index in [0.29, 0.717) is 42.1 Å². The Labute approximate surface area is 155 Å². The molecule has 2 heterocycles. The summed E-state index contributed by atoms with van der Waals surface area (Å²) in [5.41, 5.74) is 2.38. The van der Waals surface area contributed by atoms with Crippen molar-refractivity contribution in [1.82, 2.24) is 0 Å². The highest BCUT2D eigenvalue weighted by molar-refractivity contribution is 6.30. The van der Waals surface area contributed by atoms with Crippen molar-refractivity contribution in [3.8, 4) is 17.2 Å². The number of hydrogen-bond acceptors (Lipinski definition) is 6. The van der Waals surface area contributed by atoms with E-state index in [-0.39, 0.29) is 25.8 Å². The third kappa shape index (κ3) is 3.71. The molecule has 0 radical (unpaired) electrons.